The maximum Gasteiger partial charge on any atom is 0.415 e. The molecule has 1 saturated carbocycles. The molecule has 2 saturated heterocycles. The summed E-state index contributed by atoms with van der Waals surface area (Å²) in [6.07, 6.45) is 14.8. The monoisotopic (exact) mass is 1250 g/mol. The van der Waals surface area contributed by atoms with Gasteiger partial charge in [0.05, 0.1) is 130 Å². The molecule has 0 radical (unpaired) electrons. The van der Waals surface area contributed by atoms with Crippen LogP contribution >= 0.6 is 0 Å². The second-order valence-electron chi connectivity index (χ2n) is 23.0. The lowest BCUT2D eigenvalue weighted by Crippen LogP contribution is -2.49. The highest BCUT2D eigenvalue weighted by Gasteiger charge is 2.33. The molecule has 25 nitrogen and oxygen atoms in total. The number of piperidine rings is 1. The van der Waals surface area contributed by atoms with Crippen LogP contribution in [0.3, 0.4) is 0 Å². The van der Waals surface area contributed by atoms with Crippen LogP contribution in [-0.4, -0.2) is 214 Å². The summed E-state index contributed by atoms with van der Waals surface area (Å²) in [7, 11) is 0. The minimum Gasteiger partial charge on any atom is -0.444 e. The third-order valence-electron chi connectivity index (χ3n) is 16.7. The van der Waals surface area contributed by atoms with Crippen molar-refractivity contribution in [1.82, 2.24) is 38.9 Å². The molecule has 4 aromatic heterocycles. The van der Waals surface area contributed by atoms with E-state index in [1.165, 1.54) is 29.4 Å². The van der Waals surface area contributed by atoms with Gasteiger partial charge in [-0.2, -0.15) is 14.6 Å². The first kappa shape index (κ1) is 67.7. The number of rotatable bonds is 42. The van der Waals surface area contributed by atoms with E-state index in [4.69, 9.17) is 52.6 Å². The number of anilines is 4. The molecule has 90 heavy (non-hydrogen) atoms. The first-order chi connectivity index (χ1) is 44.2. The fourth-order valence-corrected chi connectivity index (χ4v) is 11.4. The number of carbonyl (C=O) groups excluding carboxylic acids is 2. The number of carbonyl (C=O) groups is 2. The molecule has 1 aliphatic carbocycles. The molecule has 3 atom stereocenters. The highest BCUT2D eigenvalue weighted by molar-refractivity contribution is 5.89. The second-order valence-corrected chi connectivity index (χ2v) is 23.0. The van der Waals surface area contributed by atoms with Gasteiger partial charge in [0, 0.05) is 94.6 Å². The number of aryl methyl sites for hydroxylation is 1. The lowest BCUT2D eigenvalue weighted by Gasteiger charge is -2.39. The van der Waals surface area contributed by atoms with Crippen LogP contribution in [0.1, 0.15) is 98.7 Å². The Hall–Kier alpha value is -6.65. The average molecular weight is 1250 g/mol. The first-order valence-corrected chi connectivity index (χ1v) is 32.3. The molecular weight excluding hydrogens is 1160 g/mol. The van der Waals surface area contributed by atoms with Gasteiger partial charge in [0.1, 0.15) is 24.1 Å². The number of hydrogen-bond donors (Lipinski definition) is 3. The summed E-state index contributed by atoms with van der Waals surface area (Å²) in [6, 6.07) is 14.7. The van der Waals surface area contributed by atoms with Crippen molar-refractivity contribution in [2.75, 3.05) is 172 Å². The van der Waals surface area contributed by atoms with E-state index < -0.39 is 6.09 Å². The van der Waals surface area contributed by atoms with Gasteiger partial charge in [-0.1, -0.05) is 56.7 Å². The number of cyclic esters (lactones) is 1. The van der Waals surface area contributed by atoms with Crippen molar-refractivity contribution in [3.8, 4) is 0 Å². The Balaban J connectivity index is 0.544. The van der Waals surface area contributed by atoms with Gasteiger partial charge in [-0.15, -0.1) is 0 Å². The topological polar surface area (TPSA) is 252 Å². The molecular formula is C65H94N12O13. The Labute approximate surface area is 528 Å². The van der Waals surface area contributed by atoms with Crippen LogP contribution in [0.15, 0.2) is 78.5 Å². The normalized spacial score (nSPS) is 16.9. The highest BCUT2D eigenvalue weighted by Crippen LogP contribution is 2.41. The molecule has 0 unspecified atom stereocenters. The zero-order valence-electron chi connectivity index (χ0n) is 52.7. The molecule has 0 bridgehead atoms. The summed E-state index contributed by atoms with van der Waals surface area (Å²) in [5, 5.41) is 21.4. The molecule has 4 aliphatic rings. The number of aliphatic hydroxyl groups is 1. The average Bonchev–Trinajstić information content (AvgIpc) is 1.52. The third-order valence-corrected chi connectivity index (χ3v) is 16.7. The van der Waals surface area contributed by atoms with E-state index in [-0.39, 0.29) is 49.9 Å². The van der Waals surface area contributed by atoms with Crippen LogP contribution in [0.4, 0.5) is 28.2 Å². The lowest BCUT2D eigenvalue weighted by atomic mass is 9.96. The summed E-state index contributed by atoms with van der Waals surface area (Å²) in [5.41, 5.74) is 5.85. The van der Waals surface area contributed by atoms with E-state index in [2.05, 4.69) is 75.2 Å². The van der Waals surface area contributed by atoms with Crippen LogP contribution in [0.2, 0.25) is 0 Å². The van der Waals surface area contributed by atoms with Crippen molar-refractivity contribution in [2.24, 2.45) is 5.92 Å². The number of nitrogens with one attached hydrogen (secondary N) is 2. The van der Waals surface area contributed by atoms with E-state index in [0.717, 1.165) is 97.2 Å². The maximum absolute atomic E-state index is 12.9. The molecule has 0 spiro atoms. The van der Waals surface area contributed by atoms with Gasteiger partial charge in [-0.05, 0) is 74.1 Å². The summed E-state index contributed by atoms with van der Waals surface area (Å²) in [5.74, 6) is 3.39. The van der Waals surface area contributed by atoms with Crippen LogP contribution in [0.25, 0.3) is 5.65 Å². The zero-order valence-corrected chi connectivity index (χ0v) is 52.7. The van der Waals surface area contributed by atoms with Crippen LogP contribution in [-0.2, 0) is 73.5 Å². The molecule has 3 N–H and O–H groups in total. The van der Waals surface area contributed by atoms with Gasteiger partial charge in [0.2, 0.25) is 11.9 Å². The number of amides is 2. The Morgan fingerprint density at radius 1 is 0.756 bits per heavy atom. The zero-order chi connectivity index (χ0) is 62.7. The van der Waals surface area contributed by atoms with Crippen LogP contribution < -0.4 is 26.0 Å². The van der Waals surface area contributed by atoms with Crippen molar-refractivity contribution in [2.45, 2.75) is 103 Å². The van der Waals surface area contributed by atoms with Gasteiger partial charge in [-0.25, -0.2) is 14.8 Å². The van der Waals surface area contributed by atoms with Crippen molar-refractivity contribution in [3.63, 3.8) is 0 Å². The van der Waals surface area contributed by atoms with E-state index >= 15 is 0 Å². The third kappa shape index (κ3) is 20.4. The molecule has 3 fully saturated rings. The summed E-state index contributed by atoms with van der Waals surface area (Å²) >= 11 is 0. The molecule has 1 aromatic carbocycles. The Morgan fingerprint density at radius 3 is 1.99 bits per heavy atom. The van der Waals surface area contributed by atoms with Gasteiger partial charge >= 0.3 is 6.09 Å². The summed E-state index contributed by atoms with van der Waals surface area (Å²) in [6.45, 7) is 19.7. The smallest absolute Gasteiger partial charge is 0.415 e. The number of fused-ring (bicyclic) bond motifs is 2. The summed E-state index contributed by atoms with van der Waals surface area (Å²) in [4.78, 5) is 60.4. The predicted octanol–water partition coefficient (Wildman–Crippen LogP) is 6.23. The Bertz CT molecular complexity index is 3050. The van der Waals surface area contributed by atoms with Crippen LogP contribution in [0, 0.1) is 5.92 Å². The lowest BCUT2D eigenvalue weighted by molar-refractivity contribution is -0.128. The number of pyridine rings is 1. The number of piperazine rings is 1. The number of nitrogens with zero attached hydrogens (tertiary/aromatic N) is 10. The highest BCUT2D eigenvalue weighted by atomic mass is 16.6. The van der Waals surface area contributed by atoms with Gasteiger partial charge < -0.3 is 72.7 Å². The molecule has 9 rings (SSSR count). The van der Waals surface area contributed by atoms with Gasteiger partial charge in [-0.3, -0.25) is 19.4 Å². The number of aromatic nitrogens is 6. The van der Waals surface area contributed by atoms with Gasteiger partial charge in [0.15, 0.2) is 5.65 Å². The minimum absolute atomic E-state index is 0.00115. The summed E-state index contributed by atoms with van der Waals surface area (Å²) < 4.78 is 54.2. The predicted molar refractivity (Wildman–Crippen MR) is 340 cm³/mol. The number of hydrogen-bond acceptors (Lipinski definition) is 21. The SMILES string of the molecule is C=CC(=O)N1CCN([C@@H](CC2CC2)c2ccc([C@H](C)Nc3ncc4c(n3)N(CCOCCOCCOCCOCCOCCOCCOCCOCCn3cc(CNc5cc(N6CCCC[C@H]6CCO)nc6c(CC)cnn56)ccc3=O)C(=O)OC4)cc2)CC1. The van der Waals surface area contributed by atoms with Crippen molar-refractivity contribution >= 4 is 41.0 Å². The van der Waals surface area contributed by atoms with Gasteiger partial charge in [0.25, 0.3) is 5.56 Å². The van der Waals surface area contributed by atoms with E-state index in [1.807, 2.05) is 33.9 Å². The molecule has 25 heteroatoms. The molecule has 7 heterocycles. The Kier molecular flexibility index (Phi) is 27.4. The second kappa shape index (κ2) is 36.4. The first-order valence-electron chi connectivity index (χ1n) is 32.3. The number of aliphatic hydroxyl groups excluding tert-OH is 1. The molecule has 5 aromatic rings. The molecule has 2 amide bonds. The van der Waals surface area contributed by atoms with E-state index in [0.29, 0.717) is 150 Å². The van der Waals surface area contributed by atoms with E-state index in [1.54, 1.807) is 16.8 Å². The van der Waals surface area contributed by atoms with Crippen molar-refractivity contribution in [3.05, 3.63) is 112 Å². The Morgan fingerprint density at radius 2 is 1.38 bits per heavy atom. The van der Waals surface area contributed by atoms with Crippen LogP contribution in [0.5, 0.6) is 0 Å². The van der Waals surface area contributed by atoms with Crippen molar-refractivity contribution in [1.29, 1.82) is 0 Å². The largest absolute Gasteiger partial charge is 0.444 e. The molecule has 492 valence electrons. The van der Waals surface area contributed by atoms with E-state index in [9.17, 15) is 19.5 Å². The fourth-order valence-electron chi connectivity index (χ4n) is 11.4. The standard InChI is InChI=1S/C65H94N12O13/c1-4-52-46-68-77-58(43-59(70-63(52)77)75-18-7-6-8-56(75)17-25-78)66-44-51-11-16-61(80)74(47-51)23-26-82-28-30-84-32-34-86-36-38-88-40-41-89-39-37-87-35-33-85-31-29-83-27-24-76-62-55(48-90-65(76)81)45-67-64(71-62)69-49(3)53-12-14-54(15-13-53)57(42-50-9-10-50)72-19-21-73(22-20-72)60(79)5-2/h5,11-16,43,45-47,49-50,56-57,66,78H,2,4,6-10,17-42,44,48H2,1,3H3,(H,67,69,71)/t49-,56-,57-/m0/s1. The fraction of sp³-hybridized carbons (Fsp3) is 0.615. The number of benzene rings is 1. The molecule has 3 aliphatic heterocycles. The number of ether oxygens (including phenoxy) is 9. The quantitative estimate of drug-likeness (QED) is 0.0289. The van der Waals surface area contributed by atoms with Crippen molar-refractivity contribution < 1.29 is 57.3 Å². The maximum atomic E-state index is 12.9. The minimum atomic E-state index is -0.484.